The van der Waals surface area contributed by atoms with E-state index in [1.807, 2.05) is 6.07 Å². The maximum absolute atomic E-state index is 10.9. The molecule has 7 heteroatoms. The Hall–Kier alpha value is -2.15. The van der Waals surface area contributed by atoms with Crippen molar-refractivity contribution < 1.29 is 4.92 Å². The van der Waals surface area contributed by atoms with Crippen molar-refractivity contribution in [1.29, 1.82) is 0 Å². The zero-order chi connectivity index (χ0) is 19.8. The lowest BCUT2D eigenvalue weighted by atomic mass is 9.92. The van der Waals surface area contributed by atoms with Crippen LogP contribution in [-0.2, 0) is 6.54 Å². The summed E-state index contributed by atoms with van der Waals surface area (Å²) in [4.78, 5) is 17.9. The highest BCUT2D eigenvalue weighted by Crippen LogP contribution is 2.25. The number of rotatable bonds is 6. The number of nitro benzene ring substituents is 1. The van der Waals surface area contributed by atoms with Crippen molar-refractivity contribution in [2.45, 2.75) is 70.5 Å². The number of nitro groups is 1. The molecule has 0 bridgehead atoms. The minimum Gasteiger partial charge on any atom is -0.357 e. The molecular formula is C21H33N5O2. The smallest absolute Gasteiger partial charge is 0.269 e. The summed E-state index contributed by atoms with van der Waals surface area (Å²) in [5, 5.41) is 17.8. The largest absolute Gasteiger partial charge is 0.357 e. The number of likely N-dealkylation sites (tertiary alicyclic amines) is 1. The molecule has 0 radical (unpaired) electrons. The van der Waals surface area contributed by atoms with E-state index < -0.39 is 0 Å². The molecule has 1 aromatic rings. The molecule has 0 atom stereocenters. The van der Waals surface area contributed by atoms with Gasteiger partial charge in [0.2, 0.25) is 0 Å². The van der Waals surface area contributed by atoms with Gasteiger partial charge in [-0.05, 0) is 38.2 Å². The molecular weight excluding hydrogens is 354 g/mol. The molecule has 2 aliphatic rings. The van der Waals surface area contributed by atoms with Crippen LogP contribution in [0, 0.1) is 10.1 Å². The van der Waals surface area contributed by atoms with Crippen LogP contribution in [0.4, 0.5) is 5.69 Å². The lowest BCUT2D eigenvalue weighted by Gasteiger charge is -2.39. The Kier molecular flexibility index (Phi) is 7.65. The highest BCUT2D eigenvalue weighted by Gasteiger charge is 2.26. The summed E-state index contributed by atoms with van der Waals surface area (Å²) in [6.07, 6.45) is 9.18. The van der Waals surface area contributed by atoms with Gasteiger partial charge in [0, 0.05) is 43.9 Å². The number of piperidine rings is 1. The first kappa shape index (κ1) is 20.6. The predicted molar refractivity (Wildman–Crippen MR) is 113 cm³/mol. The summed E-state index contributed by atoms with van der Waals surface area (Å²) in [5.41, 5.74) is 0.958. The molecule has 1 aliphatic heterocycles. The second-order valence-electron chi connectivity index (χ2n) is 7.87. The van der Waals surface area contributed by atoms with Crippen LogP contribution < -0.4 is 10.6 Å². The molecule has 1 heterocycles. The Morgan fingerprint density at radius 3 is 2.64 bits per heavy atom. The van der Waals surface area contributed by atoms with Crippen LogP contribution in [0.25, 0.3) is 0 Å². The minimum atomic E-state index is -0.364. The topological polar surface area (TPSA) is 82.8 Å². The van der Waals surface area contributed by atoms with Gasteiger partial charge in [0.25, 0.3) is 5.69 Å². The van der Waals surface area contributed by atoms with Crippen molar-refractivity contribution in [3.05, 3.63) is 39.9 Å². The molecule has 2 fully saturated rings. The van der Waals surface area contributed by atoms with Gasteiger partial charge in [0.15, 0.2) is 5.96 Å². The maximum Gasteiger partial charge on any atom is 0.269 e. The second-order valence-corrected chi connectivity index (χ2v) is 7.87. The normalized spacial score (nSPS) is 20.1. The molecule has 1 saturated heterocycles. The maximum atomic E-state index is 10.9. The molecule has 28 heavy (non-hydrogen) atoms. The van der Waals surface area contributed by atoms with Gasteiger partial charge in [-0.25, -0.2) is 4.99 Å². The average Bonchev–Trinajstić information content (AvgIpc) is 2.73. The van der Waals surface area contributed by atoms with Crippen molar-refractivity contribution in [2.75, 3.05) is 19.6 Å². The molecule has 154 valence electrons. The van der Waals surface area contributed by atoms with Gasteiger partial charge >= 0.3 is 0 Å². The number of hydrogen-bond acceptors (Lipinski definition) is 4. The quantitative estimate of drug-likeness (QED) is 0.338. The fraction of sp³-hybridized carbons (Fsp3) is 0.667. The van der Waals surface area contributed by atoms with E-state index in [1.54, 1.807) is 12.1 Å². The SMILES string of the molecule is CCNC(=NCc1cccc([N+](=O)[O-])c1)NC1CCN(C2CCCCC2)CC1. The third-order valence-corrected chi connectivity index (χ3v) is 5.85. The summed E-state index contributed by atoms with van der Waals surface area (Å²) in [6.45, 7) is 5.59. The number of non-ortho nitro benzene ring substituents is 1. The Labute approximate surface area is 167 Å². The molecule has 0 amide bonds. The third-order valence-electron chi connectivity index (χ3n) is 5.85. The van der Waals surface area contributed by atoms with Crippen molar-refractivity contribution in [1.82, 2.24) is 15.5 Å². The van der Waals surface area contributed by atoms with E-state index in [-0.39, 0.29) is 10.6 Å². The molecule has 7 nitrogen and oxygen atoms in total. The average molecular weight is 388 g/mol. The van der Waals surface area contributed by atoms with Crippen molar-refractivity contribution in [3.63, 3.8) is 0 Å². The van der Waals surface area contributed by atoms with Gasteiger partial charge in [-0.2, -0.15) is 0 Å². The first-order valence-corrected chi connectivity index (χ1v) is 10.7. The number of guanidine groups is 1. The molecule has 1 aliphatic carbocycles. The monoisotopic (exact) mass is 387 g/mol. The van der Waals surface area contributed by atoms with Crippen LogP contribution >= 0.6 is 0 Å². The highest BCUT2D eigenvalue weighted by molar-refractivity contribution is 5.80. The van der Waals surface area contributed by atoms with E-state index in [0.29, 0.717) is 12.6 Å². The van der Waals surface area contributed by atoms with Gasteiger partial charge in [-0.3, -0.25) is 10.1 Å². The summed E-state index contributed by atoms with van der Waals surface area (Å²) in [7, 11) is 0. The molecule has 1 aromatic carbocycles. The van der Waals surface area contributed by atoms with Gasteiger partial charge < -0.3 is 15.5 Å². The van der Waals surface area contributed by atoms with E-state index in [0.717, 1.165) is 50.0 Å². The van der Waals surface area contributed by atoms with Crippen LogP contribution in [-0.4, -0.2) is 47.5 Å². The van der Waals surface area contributed by atoms with Crippen molar-refractivity contribution in [2.24, 2.45) is 4.99 Å². The van der Waals surface area contributed by atoms with Crippen LogP contribution in [0.1, 0.15) is 57.4 Å². The number of benzene rings is 1. The zero-order valence-electron chi connectivity index (χ0n) is 16.9. The van der Waals surface area contributed by atoms with E-state index >= 15 is 0 Å². The molecule has 0 aromatic heterocycles. The lowest BCUT2D eigenvalue weighted by Crippen LogP contribution is -2.50. The molecule has 2 N–H and O–H groups in total. The minimum absolute atomic E-state index is 0.112. The zero-order valence-corrected chi connectivity index (χ0v) is 16.9. The number of aliphatic imine (C=N–C) groups is 1. The predicted octanol–water partition coefficient (Wildman–Crippen LogP) is 3.45. The number of nitrogens with zero attached hydrogens (tertiary/aromatic N) is 3. The summed E-state index contributed by atoms with van der Waals surface area (Å²) < 4.78 is 0. The van der Waals surface area contributed by atoms with E-state index in [4.69, 9.17) is 0 Å². The fourth-order valence-electron chi connectivity index (χ4n) is 4.31. The molecule has 3 rings (SSSR count). The van der Waals surface area contributed by atoms with Gasteiger partial charge in [0.1, 0.15) is 0 Å². The summed E-state index contributed by atoms with van der Waals surface area (Å²) in [5.74, 6) is 0.796. The van der Waals surface area contributed by atoms with E-state index in [1.165, 1.54) is 38.2 Å². The Balaban J connectivity index is 1.52. The highest BCUT2D eigenvalue weighted by atomic mass is 16.6. The Bertz CT molecular complexity index is 665. The van der Waals surface area contributed by atoms with Crippen LogP contribution in [0.3, 0.4) is 0 Å². The standard InChI is InChI=1S/C21H33N5O2/c1-2-22-21(23-16-17-7-6-10-20(15-17)26(27)28)24-18-11-13-25(14-12-18)19-8-4-3-5-9-19/h6-7,10,15,18-19H,2-5,8-9,11-14,16H2,1H3,(H2,22,23,24). The summed E-state index contributed by atoms with van der Waals surface area (Å²) in [6, 6.07) is 7.92. The van der Waals surface area contributed by atoms with E-state index in [2.05, 4.69) is 27.4 Å². The second kappa shape index (κ2) is 10.4. The summed E-state index contributed by atoms with van der Waals surface area (Å²) >= 11 is 0. The fourth-order valence-corrected chi connectivity index (χ4v) is 4.31. The molecule has 1 saturated carbocycles. The number of nitrogens with one attached hydrogen (secondary N) is 2. The van der Waals surface area contributed by atoms with Gasteiger partial charge in [-0.15, -0.1) is 0 Å². The van der Waals surface area contributed by atoms with Gasteiger partial charge in [-0.1, -0.05) is 31.4 Å². The molecule has 0 spiro atoms. The van der Waals surface area contributed by atoms with E-state index in [9.17, 15) is 10.1 Å². The van der Waals surface area contributed by atoms with Crippen molar-refractivity contribution >= 4 is 11.6 Å². The van der Waals surface area contributed by atoms with Crippen molar-refractivity contribution in [3.8, 4) is 0 Å². The first-order valence-electron chi connectivity index (χ1n) is 10.7. The Morgan fingerprint density at radius 2 is 1.96 bits per heavy atom. The molecule has 0 unspecified atom stereocenters. The van der Waals surface area contributed by atoms with Crippen LogP contribution in [0.15, 0.2) is 29.3 Å². The van der Waals surface area contributed by atoms with Gasteiger partial charge in [0.05, 0.1) is 11.5 Å². The lowest BCUT2D eigenvalue weighted by molar-refractivity contribution is -0.384. The van der Waals surface area contributed by atoms with Crippen LogP contribution in [0.2, 0.25) is 0 Å². The first-order chi connectivity index (χ1) is 13.7. The Morgan fingerprint density at radius 1 is 1.21 bits per heavy atom. The number of hydrogen-bond donors (Lipinski definition) is 2. The van der Waals surface area contributed by atoms with Crippen LogP contribution in [0.5, 0.6) is 0 Å². The third kappa shape index (κ3) is 5.92.